The first kappa shape index (κ1) is 14.0. The molecule has 1 saturated heterocycles. The van der Waals surface area contributed by atoms with Crippen LogP contribution in [0.4, 0.5) is 11.5 Å². The van der Waals surface area contributed by atoms with Crippen molar-refractivity contribution in [2.24, 2.45) is 5.92 Å². The highest BCUT2D eigenvalue weighted by Gasteiger charge is 2.20. The number of rotatable bonds is 4. The zero-order chi connectivity index (χ0) is 13.8. The van der Waals surface area contributed by atoms with E-state index < -0.39 is 0 Å². The monoisotopic (exact) mass is 263 g/mol. The zero-order valence-corrected chi connectivity index (χ0v) is 12.2. The lowest BCUT2D eigenvalue weighted by atomic mass is 10.0. The summed E-state index contributed by atoms with van der Waals surface area (Å²) in [5.41, 5.74) is 6.55. The molecule has 4 heteroatoms. The van der Waals surface area contributed by atoms with E-state index in [0.717, 1.165) is 12.4 Å². The van der Waals surface area contributed by atoms with Crippen LogP contribution in [0.1, 0.15) is 40.0 Å². The van der Waals surface area contributed by atoms with Crippen LogP contribution in [-0.2, 0) is 0 Å². The normalized spacial score (nSPS) is 19.8. The number of nitrogens with zero attached hydrogens (tertiary/aromatic N) is 2. The summed E-state index contributed by atoms with van der Waals surface area (Å²) < 4.78 is 5.70. The molecule has 2 rings (SSSR count). The van der Waals surface area contributed by atoms with Crippen molar-refractivity contribution >= 4 is 11.5 Å². The topological polar surface area (TPSA) is 51.4 Å². The third-order valence-corrected chi connectivity index (χ3v) is 3.53. The summed E-state index contributed by atoms with van der Waals surface area (Å²) in [7, 11) is 0. The minimum absolute atomic E-state index is 0.471. The maximum Gasteiger partial charge on any atom is 0.239 e. The van der Waals surface area contributed by atoms with E-state index in [1.54, 1.807) is 0 Å². The second-order valence-corrected chi connectivity index (χ2v) is 5.81. The lowest BCUT2D eigenvalue weighted by molar-refractivity contribution is 0.263. The van der Waals surface area contributed by atoms with Gasteiger partial charge in [0, 0.05) is 12.6 Å². The minimum Gasteiger partial charge on any atom is -0.476 e. The van der Waals surface area contributed by atoms with Gasteiger partial charge in [0.25, 0.3) is 0 Å². The van der Waals surface area contributed by atoms with Crippen LogP contribution in [0.3, 0.4) is 0 Å². The highest BCUT2D eigenvalue weighted by Crippen LogP contribution is 2.27. The van der Waals surface area contributed by atoms with Crippen LogP contribution in [0.5, 0.6) is 5.88 Å². The summed E-state index contributed by atoms with van der Waals surface area (Å²) in [6.45, 7) is 8.21. The molecule has 19 heavy (non-hydrogen) atoms. The first-order valence-corrected chi connectivity index (χ1v) is 7.24. The van der Waals surface area contributed by atoms with Gasteiger partial charge in [-0.05, 0) is 44.2 Å². The Morgan fingerprint density at radius 2 is 2.21 bits per heavy atom. The molecular formula is C15H25N3O. The molecule has 0 saturated carbocycles. The van der Waals surface area contributed by atoms with Crippen molar-refractivity contribution in [1.82, 2.24) is 4.98 Å². The van der Waals surface area contributed by atoms with Gasteiger partial charge in [-0.25, -0.2) is 0 Å². The second-order valence-electron chi connectivity index (χ2n) is 5.81. The Kier molecular flexibility index (Phi) is 4.51. The minimum atomic E-state index is 0.471. The SMILES string of the molecule is CC(C)COc1nc(N2CCCCC2C)ccc1N. The number of piperidine rings is 1. The predicted molar refractivity (Wildman–Crippen MR) is 79.6 cm³/mol. The van der Waals surface area contributed by atoms with E-state index in [1.807, 2.05) is 12.1 Å². The maximum atomic E-state index is 5.93. The molecule has 1 aliphatic heterocycles. The number of nitrogen functional groups attached to an aromatic ring is 1. The van der Waals surface area contributed by atoms with Crippen molar-refractivity contribution in [3.8, 4) is 5.88 Å². The highest BCUT2D eigenvalue weighted by atomic mass is 16.5. The number of pyridine rings is 1. The van der Waals surface area contributed by atoms with E-state index in [9.17, 15) is 0 Å². The predicted octanol–water partition coefficient (Wildman–Crippen LogP) is 3.08. The number of hydrogen-bond donors (Lipinski definition) is 1. The molecule has 1 aromatic rings. The van der Waals surface area contributed by atoms with E-state index in [2.05, 4.69) is 30.7 Å². The number of nitrogens with two attached hydrogens (primary N) is 1. The van der Waals surface area contributed by atoms with Gasteiger partial charge in [-0.2, -0.15) is 4.98 Å². The molecule has 106 valence electrons. The largest absolute Gasteiger partial charge is 0.476 e. The first-order valence-electron chi connectivity index (χ1n) is 7.24. The van der Waals surface area contributed by atoms with Crippen LogP contribution in [0.2, 0.25) is 0 Å². The molecule has 0 aromatic carbocycles. The molecule has 1 unspecified atom stereocenters. The number of hydrogen-bond acceptors (Lipinski definition) is 4. The lowest BCUT2D eigenvalue weighted by Gasteiger charge is -2.34. The number of ether oxygens (including phenoxy) is 1. The molecule has 0 bridgehead atoms. The van der Waals surface area contributed by atoms with Crippen molar-refractivity contribution in [1.29, 1.82) is 0 Å². The Morgan fingerprint density at radius 1 is 1.42 bits per heavy atom. The smallest absolute Gasteiger partial charge is 0.239 e. The standard InChI is InChI=1S/C15H25N3O/c1-11(2)10-19-15-13(16)7-8-14(17-15)18-9-5-4-6-12(18)3/h7-8,11-12H,4-6,9-10,16H2,1-3H3. The molecule has 0 radical (unpaired) electrons. The molecule has 4 nitrogen and oxygen atoms in total. The summed E-state index contributed by atoms with van der Waals surface area (Å²) in [6.07, 6.45) is 3.77. The third kappa shape index (κ3) is 3.52. The van der Waals surface area contributed by atoms with E-state index in [-0.39, 0.29) is 0 Å². The van der Waals surface area contributed by atoms with Crippen molar-refractivity contribution in [2.75, 3.05) is 23.8 Å². The summed E-state index contributed by atoms with van der Waals surface area (Å²) in [4.78, 5) is 6.95. The molecule has 0 amide bonds. The maximum absolute atomic E-state index is 5.93. The average Bonchev–Trinajstić information content (AvgIpc) is 2.38. The quantitative estimate of drug-likeness (QED) is 0.907. The molecule has 1 atom stereocenters. The lowest BCUT2D eigenvalue weighted by Crippen LogP contribution is -2.38. The Balaban J connectivity index is 2.15. The molecular weight excluding hydrogens is 238 g/mol. The Bertz CT molecular complexity index is 420. The van der Waals surface area contributed by atoms with Crippen LogP contribution < -0.4 is 15.4 Å². The van der Waals surface area contributed by atoms with Crippen LogP contribution in [-0.4, -0.2) is 24.2 Å². The molecule has 1 aromatic heterocycles. The van der Waals surface area contributed by atoms with Gasteiger partial charge in [0.05, 0.1) is 12.3 Å². The fourth-order valence-electron chi connectivity index (χ4n) is 2.40. The van der Waals surface area contributed by atoms with Gasteiger partial charge in [-0.3, -0.25) is 0 Å². The summed E-state index contributed by atoms with van der Waals surface area (Å²) in [5, 5.41) is 0. The summed E-state index contributed by atoms with van der Waals surface area (Å²) in [6, 6.07) is 4.45. The zero-order valence-electron chi connectivity index (χ0n) is 12.2. The van der Waals surface area contributed by atoms with Gasteiger partial charge in [-0.15, -0.1) is 0 Å². The van der Waals surface area contributed by atoms with Crippen LogP contribution in [0.15, 0.2) is 12.1 Å². The van der Waals surface area contributed by atoms with Gasteiger partial charge < -0.3 is 15.4 Å². The van der Waals surface area contributed by atoms with Crippen LogP contribution in [0.25, 0.3) is 0 Å². The molecule has 2 N–H and O–H groups in total. The molecule has 2 heterocycles. The molecule has 1 aliphatic rings. The van der Waals surface area contributed by atoms with Crippen molar-refractivity contribution in [3.05, 3.63) is 12.1 Å². The highest BCUT2D eigenvalue weighted by molar-refractivity contribution is 5.55. The van der Waals surface area contributed by atoms with E-state index >= 15 is 0 Å². The Morgan fingerprint density at radius 3 is 2.89 bits per heavy atom. The Labute approximate surface area is 116 Å². The summed E-state index contributed by atoms with van der Waals surface area (Å²) in [5.74, 6) is 2.03. The van der Waals surface area contributed by atoms with Crippen LogP contribution in [0, 0.1) is 5.92 Å². The van der Waals surface area contributed by atoms with Gasteiger partial charge in [-0.1, -0.05) is 13.8 Å². The van der Waals surface area contributed by atoms with E-state index in [0.29, 0.717) is 30.1 Å². The van der Waals surface area contributed by atoms with Crippen molar-refractivity contribution < 1.29 is 4.74 Å². The number of anilines is 2. The average molecular weight is 263 g/mol. The van der Waals surface area contributed by atoms with E-state index in [4.69, 9.17) is 10.5 Å². The number of aromatic nitrogens is 1. The van der Waals surface area contributed by atoms with Gasteiger partial charge in [0.1, 0.15) is 5.82 Å². The summed E-state index contributed by atoms with van der Waals surface area (Å²) >= 11 is 0. The Hall–Kier alpha value is -1.45. The van der Waals surface area contributed by atoms with Crippen LogP contribution >= 0.6 is 0 Å². The third-order valence-electron chi connectivity index (χ3n) is 3.53. The second kappa shape index (κ2) is 6.13. The first-order chi connectivity index (χ1) is 9.08. The fraction of sp³-hybridized carbons (Fsp3) is 0.667. The molecule has 0 spiro atoms. The van der Waals surface area contributed by atoms with Gasteiger partial charge >= 0.3 is 0 Å². The van der Waals surface area contributed by atoms with Crippen molar-refractivity contribution in [3.63, 3.8) is 0 Å². The van der Waals surface area contributed by atoms with Crippen molar-refractivity contribution in [2.45, 2.75) is 46.1 Å². The van der Waals surface area contributed by atoms with Gasteiger partial charge in [0.15, 0.2) is 0 Å². The fourth-order valence-corrected chi connectivity index (χ4v) is 2.40. The molecule has 1 fully saturated rings. The van der Waals surface area contributed by atoms with Gasteiger partial charge in [0.2, 0.25) is 5.88 Å². The molecule has 0 aliphatic carbocycles. The van der Waals surface area contributed by atoms with E-state index in [1.165, 1.54) is 19.3 Å².